The Morgan fingerprint density at radius 2 is 0.833 bits per heavy atom. The minimum absolute atomic E-state index is 0.398. The van der Waals surface area contributed by atoms with E-state index in [1.165, 1.54) is 33.4 Å². The third-order valence-corrected chi connectivity index (χ3v) is 5.08. The van der Waals surface area contributed by atoms with Crippen LogP contribution in [0.4, 0.5) is 0 Å². The standard InChI is InChI=1S/C24H26/c1-17-9-13-21(14-10-17)19(3)23-7-5-6-8-24(23)20(4)22-15-11-18(2)12-16-22/h5-16,19-20H,1-4H3. The fourth-order valence-electron chi connectivity index (χ4n) is 3.37. The second-order valence-corrected chi connectivity index (χ2v) is 6.89. The van der Waals surface area contributed by atoms with Crippen molar-refractivity contribution in [2.45, 2.75) is 39.5 Å². The summed E-state index contributed by atoms with van der Waals surface area (Å²) in [6.45, 7) is 8.90. The summed E-state index contributed by atoms with van der Waals surface area (Å²) in [7, 11) is 0. The summed E-state index contributed by atoms with van der Waals surface area (Å²) in [4.78, 5) is 0. The van der Waals surface area contributed by atoms with E-state index < -0.39 is 0 Å². The fraction of sp³-hybridized carbons (Fsp3) is 0.250. The molecule has 0 heteroatoms. The first-order valence-corrected chi connectivity index (χ1v) is 8.78. The summed E-state index contributed by atoms with van der Waals surface area (Å²) in [5.41, 5.74) is 8.23. The Bertz CT molecular complexity index is 724. The second-order valence-electron chi connectivity index (χ2n) is 6.89. The summed E-state index contributed by atoms with van der Waals surface area (Å²) in [6, 6.07) is 26.7. The number of hydrogen-bond donors (Lipinski definition) is 0. The Labute approximate surface area is 146 Å². The molecule has 0 N–H and O–H groups in total. The van der Waals surface area contributed by atoms with Gasteiger partial charge in [-0.2, -0.15) is 0 Å². The molecular weight excluding hydrogens is 288 g/mol. The molecule has 0 aliphatic carbocycles. The van der Waals surface area contributed by atoms with E-state index >= 15 is 0 Å². The topological polar surface area (TPSA) is 0 Å². The molecule has 0 heterocycles. The Kier molecular flexibility index (Phi) is 4.85. The molecule has 3 aromatic rings. The lowest BCUT2D eigenvalue weighted by Crippen LogP contribution is -2.05. The number of aryl methyl sites for hydroxylation is 2. The Balaban J connectivity index is 1.98. The SMILES string of the molecule is Cc1ccc(C(C)c2ccccc2C(C)c2ccc(C)cc2)cc1. The first kappa shape index (κ1) is 16.5. The minimum atomic E-state index is 0.398. The van der Waals surface area contributed by atoms with Gasteiger partial charge in [0.05, 0.1) is 0 Å². The molecular formula is C24H26. The Morgan fingerprint density at radius 1 is 0.500 bits per heavy atom. The summed E-state index contributed by atoms with van der Waals surface area (Å²) in [5.74, 6) is 0.796. The van der Waals surface area contributed by atoms with Crippen molar-refractivity contribution in [1.29, 1.82) is 0 Å². The molecule has 2 atom stereocenters. The van der Waals surface area contributed by atoms with Gasteiger partial charge in [-0.25, -0.2) is 0 Å². The predicted molar refractivity (Wildman–Crippen MR) is 104 cm³/mol. The molecule has 0 saturated carbocycles. The van der Waals surface area contributed by atoms with Crippen molar-refractivity contribution in [3.8, 4) is 0 Å². The van der Waals surface area contributed by atoms with Crippen molar-refractivity contribution in [2.24, 2.45) is 0 Å². The molecule has 0 bridgehead atoms. The van der Waals surface area contributed by atoms with Crippen LogP contribution >= 0.6 is 0 Å². The number of benzene rings is 3. The maximum absolute atomic E-state index is 2.31. The molecule has 0 aliphatic rings. The van der Waals surface area contributed by atoms with Crippen molar-refractivity contribution in [1.82, 2.24) is 0 Å². The zero-order valence-electron chi connectivity index (χ0n) is 15.1. The van der Waals surface area contributed by atoms with Crippen molar-refractivity contribution < 1.29 is 0 Å². The molecule has 0 radical (unpaired) electrons. The third kappa shape index (κ3) is 3.43. The van der Waals surface area contributed by atoms with Gasteiger partial charge in [-0.3, -0.25) is 0 Å². The van der Waals surface area contributed by atoms with Crippen LogP contribution in [0.25, 0.3) is 0 Å². The van der Waals surface area contributed by atoms with Gasteiger partial charge in [0, 0.05) is 11.8 Å². The highest BCUT2D eigenvalue weighted by molar-refractivity contribution is 5.43. The van der Waals surface area contributed by atoms with E-state index in [0.717, 1.165) is 0 Å². The highest BCUT2D eigenvalue weighted by atomic mass is 14.2. The highest BCUT2D eigenvalue weighted by Crippen LogP contribution is 2.34. The Morgan fingerprint density at radius 3 is 1.17 bits per heavy atom. The van der Waals surface area contributed by atoms with Crippen molar-refractivity contribution in [2.75, 3.05) is 0 Å². The van der Waals surface area contributed by atoms with E-state index in [1.807, 2.05) is 0 Å². The molecule has 0 fully saturated rings. The van der Waals surface area contributed by atoms with Crippen LogP contribution < -0.4 is 0 Å². The van der Waals surface area contributed by atoms with Gasteiger partial charge < -0.3 is 0 Å². The predicted octanol–water partition coefficient (Wildman–Crippen LogP) is 6.61. The van der Waals surface area contributed by atoms with Crippen molar-refractivity contribution in [3.63, 3.8) is 0 Å². The van der Waals surface area contributed by atoms with Gasteiger partial charge >= 0.3 is 0 Å². The molecule has 122 valence electrons. The van der Waals surface area contributed by atoms with E-state index in [4.69, 9.17) is 0 Å². The molecule has 0 aliphatic heterocycles. The van der Waals surface area contributed by atoms with E-state index in [2.05, 4.69) is 100 Å². The number of rotatable bonds is 4. The molecule has 0 spiro atoms. The lowest BCUT2D eigenvalue weighted by atomic mass is 9.82. The van der Waals surface area contributed by atoms with Gasteiger partial charge in [-0.15, -0.1) is 0 Å². The van der Waals surface area contributed by atoms with Crippen molar-refractivity contribution in [3.05, 3.63) is 106 Å². The highest BCUT2D eigenvalue weighted by Gasteiger charge is 2.17. The number of hydrogen-bond acceptors (Lipinski definition) is 0. The average molecular weight is 314 g/mol. The van der Waals surface area contributed by atoms with Crippen LogP contribution in [0.2, 0.25) is 0 Å². The maximum Gasteiger partial charge on any atom is 0.00639 e. The minimum Gasteiger partial charge on any atom is -0.0620 e. The van der Waals surface area contributed by atoms with Crippen LogP contribution in [-0.4, -0.2) is 0 Å². The van der Waals surface area contributed by atoms with Crippen LogP contribution in [0, 0.1) is 13.8 Å². The van der Waals surface area contributed by atoms with E-state index in [-0.39, 0.29) is 0 Å². The Hall–Kier alpha value is -2.34. The monoisotopic (exact) mass is 314 g/mol. The average Bonchev–Trinajstić information content (AvgIpc) is 2.62. The third-order valence-electron chi connectivity index (χ3n) is 5.08. The van der Waals surface area contributed by atoms with Gasteiger partial charge in [0.15, 0.2) is 0 Å². The maximum atomic E-state index is 2.31. The summed E-state index contributed by atoms with van der Waals surface area (Å²) in [5, 5.41) is 0. The van der Waals surface area contributed by atoms with Gasteiger partial charge in [0.1, 0.15) is 0 Å². The van der Waals surface area contributed by atoms with E-state index in [1.54, 1.807) is 0 Å². The van der Waals surface area contributed by atoms with Crippen LogP contribution in [0.15, 0.2) is 72.8 Å². The zero-order chi connectivity index (χ0) is 17.1. The summed E-state index contributed by atoms with van der Waals surface area (Å²) < 4.78 is 0. The van der Waals surface area contributed by atoms with Gasteiger partial charge in [-0.1, -0.05) is 97.8 Å². The summed E-state index contributed by atoms with van der Waals surface area (Å²) >= 11 is 0. The van der Waals surface area contributed by atoms with Crippen LogP contribution in [0.5, 0.6) is 0 Å². The largest absolute Gasteiger partial charge is 0.0620 e. The molecule has 0 saturated heterocycles. The van der Waals surface area contributed by atoms with E-state index in [0.29, 0.717) is 11.8 Å². The second kappa shape index (κ2) is 7.05. The molecule has 2 unspecified atom stereocenters. The first-order chi connectivity index (χ1) is 11.6. The molecule has 0 amide bonds. The molecule has 0 nitrogen and oxygen atoms in total. The van der Waals surface area contributed by atoms with Gasteiger partial charge in [-0.05, 0) is 36.1 Å². The van der Waals surface area contributed by atoms with Crippen LogP contribution in [0.1, 0.15) is 59.1 Å². The van der Waals surface area contributed by atoms with E-state index in [9.17, 15) is 0 Å². The molecule has 24 heavy (non-hydrogen) atoms. The normalized spacial score (nSPS) is 13.5. The smallest absolute Gasteiger partial charge is 0.00639 e. The first-order valence-electron chi connectivity index (χ1n) is 8.78. The zero-order valence-corrected chi connectivity index (χ0v) is 15.1. The van der Waals surface area contributed by atoms with Crippen LogP contribution in [-0.2, 0) is 0 Å². The summed E-state index contributed by atoms with van der Waals surface area (Å²) in [6.07, 6.45) is 0. The lowest BCUT2D eigenvalue weighted by molar-refractivity contribution is 0.842. The van der Waals surface area contributed by atoms with Gasteiger partial charge in [0.2, 0.25) is 0 Å². The lowest BCUT2D eigenvalue weighted by Gasteiger charge is -2.22. The molecule has 3 aromatic carbocycles. The molecule has 3 rings (SSSR count). The molecule has 0 aromatic heterocycles. The van der Waals surface area contributed by atoms with Crippen LogP contribution in [0.3, 0.4) is 0 Å². The van der Waals surface area contributed by atoms with Gasteiger partial charge in [0.25, 0.3) is 0 Å². The quantitative estimate of drug-likeness (QED) is 0.508. The fourth-order valence-corrected chi connectivity index (χ4v) is 3.37. The van der Waals surface area contributed by atoms with Crippen molar-refractivity contribution >= 4 is 0 Å².